The number of hydrogen-bond acceptors (Lipinski definition) is 4. The highest BCUT2D eigenvalue weighted by atomic mass is 16.2. The van der Waals surface area contributed by atoms with Crippen LogP contribution in [-0.2, 0) is 7.05 Å². The minimum Gasteiger partial charge on any atom is -0.354 e. The van der Waals surface area contributed by atoms with Crippen molar-refractivity contribution in [3.63, 3.8) is 0 Å². The van der Waals surface area contributed by atoms with E-state index in [2.05, 4.69) is 5.32 Å². The average Bonchev–Trinajstić information content (AvgIpc) is 3.59. The van der Waals surface area contributed by atoms with Gasteiger partial charge in [0.25, 0.3) is 11.1 Å². The van der Waals surface area contributed by atoms with Crippen molar-refractivity contribution >= 4 is 35.7 Å². The second kappa shape index (κ2) is 7.41. The number of pyridine rings is 1. The summed E-state index contributed by atoms with van der Waals surface area (Å²) < 4.78 is 4.19. The topological polar surface area (TPSA) is 78.0 Å². The largest absolute Gasteiger partial charge is 0.354 e. The van der Waals surface area contributed by atoms with Gasteiger partial charge in [-0.25, -0.2) is 9.36 Å². The summed E-state index contributed by atoms with van der Waals surface area (Å²) in [6.45, 7) is 1.97. The van der Waals surface area contributed by atoms with Crippen LogP contribution in [0.3, 0.4) is 0 Å². The Labute approximate surface area is 185 Å². The first-order valence-electron chi connectivity index (χ1n) is 10.7. The van der Waals surface area contributed by atoms with E-state index in [-0.39, 0.29) is 22.8 Å². The van der Waals surface area contributed by atoms with Gasteiger partial charge in [-0.15, -0.1) is 0 Å². The van der Waals surface area contributed by atoms with Crippen LogP contribution in [-0.4, -0.2) is 21.5 Å². The predicted octanol–water partition coefficient (Wildman–Crippen LogP) is 1.50. The Bertz CT molecular complexity index is 1550. The minimum absolute atomic E-state index is 0.111. The number of anilines is 2. The lowest BCUT2D eigenvalue weighted by Gasteiger charge is -2.19. The molecule has 8 heteroatoms. The van der Waals surface area contributed by atoms with Crippen LogP contribution in [0.1, 0.15) is 24.4 Å². The van der Waals surface area contributed by atoms with Crippen LogP contribution in [0.15, 0.2) is 69.0 Å². The van der Waals surface area contributed by atoms with Gasteiger partial charge in [0.15, 0.2) is 0 Å². The third-order valence-corrected chi connectivity index (χ3v) is 6.03. The average molecular weight is 426 g/mol. The van der Waals surface area contributed by atoms with Gasteiger partial charge in [0.2, 0.25) is 0 Å². The van der Waals surface area contributed by atoms with Crippen molar-refractivity contribution in [1.29, 1.82) is 0 Å². The van der Waals surface area contributed by atoms with E-state index in [9.17, 15) is 14.4 Å². The lowest BCUT2D eigenvalue weighted by atomic mass is 9.94. The molecule has 7 nitrogen and oxygen atoms in total. The number of nitrogens with one attached hydrogen (secondary N) is 1. The molecular weight excluding hydrogens is 403 g/mol. The third kappa shape index (κ3) is 3.19. The summed E-state index contributed by atoms with van der Waals surface area (Å²) in [5.41, 5.74) is 3.11. The van der Waals surface area contributed by atoms with Crippen molar-refractivity contribution in [3.05, 3.63) is 91.4 Å². The molecule has 0 bridgehead atoms. The molecule has 0 radical (unpaired) electrons. The molecule has 0 unspecified atom stereocenters. The number of nitrogens with zero attached hydrogens (tertiary/aromatic N) is 3. The van der Waals surface area contributed by atoms with Crippen molar-refractivity contribution in [3.8, 4) is 5.69 Å². The van der Waals surface area contributed by atoms with Crippen LogP contribution in [0.25, 0.3) is 16.7 Å². The smallest absolute Gasteiger partial charge is 0.337 e. The Morgan fingerprint density at radius 1 is 0.969 bits per heavy atom. The summed E-state index contributed by atoms with van der Waals surface area (Å²) in [4.78, 5) is 40.0. The van der Waals surface area contributed by atoms with E-state index in [1.165, 1.54) is 19.8 Å². The molecule has 32 heavy (non-hydrogen) atoms. The van der Waals surface area contributed by atoms with E-state index in [1.807, 2.05) is 51.2 Å². The van der Waals surface area contributed by atoms with Crippen LogP contribution >= 0.6 is 0 Å². The van der Waals surface area contributed by atoms with Crippen LogP contribution in [0, 0.1) is 6.92 Å². The molecule has 0 atom stereocenters. The summed E-state index contributed by atoms with van der Waals surface area (Å²) >= 11 is 0. The number of aryl methyl sites for hydroxylation is 2. The molecular formula is C24H23BN4O3. The molecule has 0 amide bonds. The van der Waals surface area contributed by atoms with Crippen LogP contribution < -0.4 is 27.6 Å². The third-order valence-electron chi connectivity index (χ3n) is 6.03. The van der Waals surface area contributed by atoms with Crippen molar-refractivity contribution in [1.82, 2.24) is 13.7 Å². The second-order valence-electron chi connectivity index (χ2n) is 8.46. The highest BCUT2D eigenvalue weighted by Gasteiger charge is 2.30. The zero-order valence-electron chi connectivity index (χ0n) is 18.3. The van der Waals surface area contributed by atoms with E-state index in [1.54, 1.807) is 19.2 Å². The molecule has 160 valence electrons. The molecule has 0 aliphatic heterocycles. The normalized spacial score (nSPS) is 13.4. The van der Waals surface area contributed by atoms with Crippen LogP contribution in [0.2, 0.25) is 0 Å². The fourth-order valence-corrected chi connectivity index (χ4v) is 4.23. The highest BCUT2D eigenvalue weighted by Crippen LogP contribution is 2.33. The van der Waals surface area contributed by atoms with Gasteiger partial charge in [0.1, 0.15) is 18.9 Å². The Hall–Kier alpha value is -3.81. The Kier molecular flexibility index (Phi) is 4.66. The molecule has 2 aromatic carbocycles. The zero-order valence-corrected chi connectivity index (χ0v) is 18.3. The van der Waals surface area contributed by atoms with Crippen LogP contribution in [0.5, 0.6) is 0 Å². The molecule has 2 aromatic heterocycles. The van der Waals surface area contributed by atoms with E-state index in [0.717, 1.165) is 29.6 Å². The Morgan fingerprint density at radius 3 is 2.34 bits per heavy atom. The second-order valence-corrected chi connectivity index (χ2v) is 8.46. The number of benzene rings is 2. The lowest BCUT2D eigenvalue weighted by molar-refractivity contribution is 0.637. The Balaban J connectivity index is 1.90. The monoisotopic (exact) mass is 426 g/mol. The molecule has 1 fully saturated rings. The molecule has 1 N–H and O–H groups in total. The van der Waals surface area contributed by atoms with Crippen molar-refractivity contribution in [2.24, 2.45) is 7.05 Å². The van der Waals surface area contributed by atoms with Crippen molar-refractivity contribution in [2.75, 3.05) is 5.32 Å². The minimum atomic E-state index is -0.421. The molecule has 1 aliphatic carbocycles. The molecule has 0 saturated heterocycles. The van der Waals surface area contributed by atoms with E-state index in [4.69, 9.17) is 0 Å². The van der Waals surface area contributed by atoms with Gasteiger partial charge < -0.3 is 5.32 Å². The van der Waals surface area contributed by atoms with Gasteiger partial charge in [-0.1, -0.05) is 35.8 Å². The maximum Gasteiger partial charge on any atom is 0.337 e. The maximum atomic E-state index is 13.6. The molecule has 1 aliphatic rings. The summed E-state index contributed by atoms with van der Waals surface area (Å²) in [6, 6.07) is 16.4. The number of fused-ring (bicyclic) bond motifs is 1. The first-order valence-corrected chi connectivity index (χ1v) is 10.7. The van der Waals surface area contributed by atoms with E-state index >= 15 is 0 Å². The van der Waals surface area contributed by atoms with Crippen molar-refractivity contribution in [2.45, 2.75) is 25.8 Å². The predicted molar refractivity (Wildman–Crippen MR) is 130 cm³/mol. The van der Waals surface area contributed by atoms with Gasteiger partial charge in [-0.3, -0.25) is 18.7 Å². The molecule has 1 saturated carbocycles. The lowest BCUT2D eigenvalue weighted by Crippen LogP contribution is -2.41. The fraction of sp³-hybridized carbons (Fsp3) is 0.208. The summed E-state index contributed by atoms with van der Waals surface area (Å²) in [5, 5.41) is 3.62. The van der Waals surface area contributed by atoms with Gasteiger partial charge in [0, 0.05) is 24.8 Å². The highest BCUT2D eigenvalue weighted by molar-refractivity contribution is 6.32. The zero-order chi connectivity index (χ0) is 22.6. The summed E-state index contributed by atoms with van der Waals surface area (Å²) in [7, 11) is 3.60. The SMILES string of the molecule is Bc1ccc(Nc2cc(=O)n(C)c3c2c(=O)n(C2CC2)c(=O)n3-c2ccccc2)c(C)c1. The van der Waals surface area contributed by atoms with E-state index in [0.29, 0.717) is 16.8 Å². The summed E-state index contributed by atoms with van der Waals surface area (Å²) in [6.07, 6.45) is 1.59. The number of para-hydroxylation sites is 1. The maximum absolute atomic E-state index is 13.6. The fourth-order valence-electron chi connectivity index (χ4n) is 4.23. The number of rotatable bonds is 4. The summed E-state index contributed by atoms with van der Waals surface area (Å²) in [5.74, 6) is 0. The van der Waals surface area contributed by atoms with Crippen molar-refractivity contribution < 1.29 is 0 Å². The molecule has 5 rings (SSSR count). The number of aromatic nitrogens is 3. The number of hydrogen-bond donors (Lipinski definition) is 1. The van der Waals surface area contributed by atoms with Gasteiger partial charge in [0.05, 0.1) is 11.4 Å². The van der Waals surface area contributed by atoms with Crippen LogP contribution in [0.4, 0.5) is 11.4 Å². The van der Waals surface area contributed by atoms with E-state index < -0.39 is 5.69 Å². The Morgan fingerprint density at radius 2 is 1.69 bits per heavy atom. The quantitative estimate of drug-likeness (QED) is 0.502. The standard InChI is InChI=1S/C24H23BN4O3/c1-14-12-15(25)8-11-18(14)26-19-13-20(30)27(2)22-21(19)23(31)29(17-9-10-17)24(32)28(22)16-6-4-3-5-7-16/h3-8,11-13,17,26H,9-10,25H2,1-2H3. The molecule has 4 aromatic rings. The van der Waals surface area contributed by atoms with Gasteiger partial charge in [-0.2, -0.15) is 0 Å². The first kappa shape index (κ1) is 20.1. The first-order chi connectivity index (χ1) is 15.4. The van der Waals surface area contributed by atoms with Gasteiger partial charge in [-0.05, 0) is 43.5 Å². The van der Waals surface area contributed by atoms with Gasteiger partial charge >= 0.3 is 5.69 Å². The molecule has 0 spiro atoms. The molecule has 2 heterocycles.